The van der Waals surface area contributed by atoms with Crippen LogP contribution in [0.25, 0.3) is 0 Å². The third-order valence-corrected chi connectivity index (χ3v) is 5.98. The Labute approximate surface area is 202 Å². The van der Waals surface area contributed by atoms with Gasteiger partial charge in [-0.2, -0.15) is 13.2 Å². The molecule has 3 rings (SSSR count). The van der Waals surface area contributed by atoms with Crippen LogP contribution in [0.3, 0.4) is 0 Å². The molecule has 0 saturated carbocycles. The van der Waals surface area contributed by atoms with Crippen LogP contribution in [0.2, 0.25) is 5.02 Å². The number of pyridine rings is 1. The van der Waals surface area contributed by atoms with E-state index in [0.717, 1.165) is 17.5 Å². The van der Waals surface area contributed by atoms with E-state index in [9.17, 15) is 22.8 Å². The van der Waals surface area contributed by atoms with Crippen LogP contribution >= 0.6 is 22.9 Å². The van der Waals surface area contributed by atoms with E-state index in [1.54, 1.807) is 13.0 Å². The molecule has 0 aromatic carbocycles. The van der Waals surface area contributed by atoms with Crippen molar-refractivity contribution >= 4 is 46.3 Å². The largest absolute Gasteiger partial charge is 0.418 e. The van der Waals surface area contributed by atoms with Gasteiger partial charge in [0, 0.05) is 30.6 Å². The number of amides is 1. The molecule has 3 heterocycles. The van der Waals surface area contributed by atoms with Crippen LogP contribution in [0, 0.1) is 0 Å². The number of thiazole rings is 1. The van der Waals surface area contributed by atoms with Crippen molar-refractivity contribution in [1.29, 1.82) is 0 Å². The van der Waals surface area contributed by atoms with E-state index in [0.29, 0.717) is 16.9 Å². The topological polar surface area (TPSA) is 110 Å². The average molecular weight is 513 g/mol. The number of Topliss-reactive ketones (excluding diaryl/α,β-unsaturated/α-hetero) is 1. The zero-order valence-corrected chi connectivity index (χ0v) is 19.8. The molecule has 0 aliphatic carbocycles. The number of anilines is 2. The number of hydrogen-bond donors (Lipinski definition) is 2. The molecule has 34 heavy (non-hydrogen) atoms. The van der Waals surface area contributed by atoms with E-state index in [1.807, 2.05) is 13.8 Å². The fourth-order valence-electron chi connectivity index (χ4n) is 2.88. The van der Waals surface area contributed by atoms with Gasteiger partial charge in [-0.15, -0.1) is 11.3 Å². The van der Waals surface area contributed by atoms with Crippen LogP contribution in [0.4, 0.5) is 24.8 Å². The molecule has 1 amide bonds. The minimum absolute atomic E-state index is 0.0976. The fraction of sp³-hybridized carbons (Fsp3) is 0.333. The molecule has 3 aromatic rings. The fourth-order valence-corrected chi connectivity index (χ4v) is 3.95. The molecular formula is C21H20ClF3N6O2S. The summed E-state index contributed by atoms with van der Waals surface area (Å²) in [7, 11) is 0. The lowest BCUT2D eigenvalue weighted by Gasteiger charge is -2.11. The van der Waals surface area contributed by atoms with Crippen molar-refractivity contribution in [1.82, 2.24) is 19.9 Å². The Morgan fingerprint density at radius 2 is 1.79 bits per heavy atom. The first-order valence-corrected chi connectivity index (χ1v) is 11.2. The van der Waals surface area contributed by atoms with Crippen LogP contribution in [0.5, 0.6) is 0 Å². The lowest BCUT2D eigenvalue weighted by Crippen LogP contribution is -2.13. The minimum atomic E-state index is -4.69. The molecule has 0 fully saturated rings. The second kappa shape index (κ2) is 10.4. The zero-order chi connectivity index (χ0) is 25.0. The molecule has 3 aromatic heterocycles. The van der Waals surface area contributed by atoms with Gasteiger partial charge in [-0.1, -0.05) is 18.5 Å². The maximum atomic E-state index is 13.0. The molecule has 1 unspecified atom stereocenters. The summed E-state index contributed by atoms with van der Waals surface area (Å²) in [6.07, 6.45) is -1.16. The van der Waals surface area contributed by atoms with E-state index in [-0.39, 0.29) is 40.6 Å². The number of rotatable bonds is 8. The third kappa shape index (κ3) is 6.48. The van der Waals surface area contributed by atoms with Crippen molar-refractivity contribution in [2.24, 2.45) is 0 Å². The van der Waals surface area contributed by atoms with E-state index >= 15 is 0 Å². The normalized spacial score (nSPS) is 12.5. The van der Waals surface area contributed by atoms with E-state index in [1.165, 1.54) is 12.5 Å². The summed E-state index contributed by atoms with van der Waals surface area (Å²) < 4.78 is 39.0. The van der Waals surface area contributed by atoms with Gasteiger partial charge in [0.05, 0.1) is 21.8 Å². The molecule has 13 heteroatoms. The SMILES string of the molecule is CC(C)Nc1cc(C(=O)CC(C)c2ncc(C(=O)Nc3cc(C(F)(F)F)c(Cl)cn3)s2)ncn1. The van der Waals surface area contributed by atoms with Crippen molar-refractivity contribution in [2.45, 2.75) is 45.3 Å². The predicted octanol–water partition coefficient (Wildman–Crippen LogP) is 5.45. The van der Waals surface area contributed by atoms with Crippen molar-refractivity contribution in [2.75, 3.05) is 10.6 Å². The molecule has 0 radical (unpaired) electrons. The van der Waals surface area contributed by atoms with Gasteiger partial charge in [-0.05, 0) is 19.9 Å². The number of carbonyl (C=O) groups excluding carboxylic acids is 2. The third-order valence-electron chi connectivity index (χ3n) is 4.45. The highest BCUT2D eigenvalue weighted by atomic mass is 35.5. The van der Waals surface area contributed by atoms with Gasteiger partial charge >= 0.3 is 6.18 Å². The lowest BCUT2D eigenvalue weighted by atomic mass is 10.0. The summed E-state index contributed by atoms with van der Waals surface area (Å²) in [5.74, 6) is -0.965. The van der Waals surface area contributed by atoms with Gasteiger partial charge in [0.1, 0.15) is 28.5 Å². The summed E-state index contributed by atoms with van der Waals surface area (Å²) >= 11 is 6.58. The van der Waals surface area contributed by atoms with Gasteiger partial charge in [-0.25, -0.2) is 19.9 Å². The molecule has 8 nitrogen and oxygen atoms in total. The molecule has 1 atom stereocenters. The van der Waals surface area contributed by atoms with Crippen LogP contribution in [0.15, 0.2) is 30.9 Å². The summed E-state index contributed by atoms with van der Waals surface area (Å²) in [4.78, 5) is 41.3. The van der Waals surface area contributed by atoms with Crippen molar-refractivity contribution in [3.05, 3.63) is 57.0 Å². The van der Waals surface area contributed by atoms with Crippen molar-refractivity contribution in [3.63, 3.8) is 0 Å². The Kier molecular flexibility index (Phi) is 7.82. The zero-order valence-electron chi connectivity index (χ0n) is 18.3. The number of halogens is 4. The molecule has 0 saturated heterocycles. The second-order valence-electron chi connectivity index (χ2n) is 7.68. The Morgan fingerprint density at radius 3 is 2.47 bits per heavy atom. The van der Waals surface area contributed by atoms with Gasteiger partial charge in [0.25, 0.3) is 5.91 Å². The quantitative estimate of drug-likeness (QED) is 0.386. The highest BCUT2D eigenvalue weighted by molar-refractivity contribution is 7.13. The number of aromatic nitrogens is 4. The number of alkyl halides is 3. The standard InChI is InChI=1S/C21H20ClF3N6O2S/c1-10(2)30-18-6-14(28-9-29-18)15(32)4-11(3)20-27-8-16(34-20)19(33)31-17-5-12(21(23,24)25)13(22)7-26-17/h5-11H,4H2,1-3H3,(H,26,31,33)(H,28,29,30). The molecule has 0 aliphatic rings. The average Bonchev–Trinajstić information content (AvgIpc) is 3.24. The summed E-state index contributed by atoms with van der Waals surface area (Å²) in [5.41, 5.74) is -0.845. The Hall–Kier alpha value is -3.12. The number of ketones is 1. The van der Waals surface area contributed by atoms with Gasteiger partial charge in [0.15, 0.2) is 5.78 Å². The van der Waals surface area contributed by atoms with Gasteiger partial charge in [0.2, 0.25) is 0 Å². The van der Waals surface area contributed by atoms with Crippen molar-refractivity contribution < 1.29 is 22.8 Å². The summed E-state index contributed by atoms with van der Waals surface area (Å²) in [6, 6.07) is 2.37. The molecule has 0 aliphatic heterocycles. The van der Waals surface area contributed by atoms with E-state index < -0.39 is 22.7 Å². The summed E-state index contributed by atoms with van der Waals surface area (Å²) in [6.45, 7) is 5.67. The maximum absolute atomic E-state index is 13.0. The highest BCUT2D eigenvalue weighted by Crippen LogP contribution is 2.35. The first-order chi connectivity index (χ1) is 15.9. The molecule has 180 valence electrons. The first-order valence-electron chi connectivity index (χ1n) is 10.1. The minimum Gasteiger partial charge on any atom is -0.368 e. The number of hydrogen-bond acceptors (Lipinski definition) is 8. The number of nitrogens with one attached hydrogen (secondary N) is 2. The second-order valence-corrected chi connectivity index (χ2v) is 9.15. The first kappa shape index (κ1) is 25.5. The van der Waals surface area contributed by atoms with Gasteiger partial charge < -0.3 is 10.6 Å². The maximum Gasteiger partial charge on any atom is 0.418 e. The van der Waals surface area contributed by atoms with Gasteiger partial charge in [-0.3, -0.25) is 9.59 Å². The Balaban J connectivity index is 1.67. The predicted molar refractivity (Wildman–Crippen MR) is 122 cm³/mol. The van der Waals surface area contributed by atoms with E-state index in [2.05, 4.69) is 30.6 Å². The smallest absolute Gasteiger partial charge is 0.368 e. The molecule has 0 spiro atoms. The van der Waals surface area contributed by atoms with Crippen LogP contribution in [-0.2, 0) is 6.18 Å². The molecule has 0 bridgehead atoms. The van der Waals surface area contributed by atoms with E-state index in [4.69, 9.17) is 11.6 Å². The molecular weight excluding hydrogens is 493 g/mol. The van der Waals surface area contributed by atoms with Crippen LogP contribution in [-0.4, -0.2) is 37.7 Å². The van der Waals surface area contributed by atoms with Crippen LogP contribution < -0.4 is 10.6 Å². The van der Waals surface area contributed by atoms with Crippen LogP contribution in [0.1, 0.15) is 63.8 Å². The number of carbonyl (C=O) groups is 2. The number of nitrogens with zero attached hydrogens (tertiary/aromatic N) is 4. The Morgan fingerprint density at radius 1 is 1.06 bits per heavy atom. The molecule has 2 N–H and O–H groups in total. The van der Waals surface area contributed by atoms with Crippen molar-refractivity contribution in [3.8, 4) is 0 Å². The summed E-state index contributed by atoms with van der Waals surface area (Å²) in [5, 5.41) is 5.36. The lowest BCUT2D eigenvalue weighted by molar-refractivity contribution is -0.137. The highest BCUT2D eigenvalue weighted by Gasteiger charge is 2.34. The Bertz CT molecular complexity index is 1200. The monoisotopic (exact) mass is 512 g/mol.